The molecule has 0 spiro atoms. The van der Waals surface area contributed by atoms with Gasteiger partial charge in [-0.2, -0.15) is 0 Å². The van der Waals surface area contributed by atoms with E-state index in [4.69, 9.17) is 11.6 Å². The summed E-state index contributed by atoms with van der Waals surface area (Å²) in [6, 6.07) is 13.7. The van der Waals surface area contributed by atoms with E-state index >= 15 is 0 Å². The second-order valence-electron chi connectivity index (χ2n) is 4.77. The van der Waals surface area contributed by atoms with Crippen molar-refractivity contribution in [1.29, 1.82) is 0 Å². The van der Waals surface area contributed by atoms with Crippen LogP contribution in [0.15, 0.2) is 65.0 Å². The summed E-state index contributed by atoms with van der Waals surface area (Å²) in [6.45, 7) is 0.163. The first-order valence-corrected chi connectivity index (χ1v) is 9.53. The minimum absolute atomic E-state index is 0.145. The molecular formula is C16H13ClN2O2S2. The first kappa shape index (κ1) is 16.1. The number of rotatable bonds is 5. The van der Waals surface area contributed by atoms with Crippen molar-refractivity contribution >= 4 is 33.0 Å². The lowest BCUT2D eigenvalue weighted by Gasteiger charge is -2.10. The number of hydrogen-bond acceptors (Lipinski definition) is 4. The minimum Gasteiger partial charge on any atom is -0.255 e. The second-order valence-corrected chi connectivity index (χ2v) is 7.92. The lowest BCUT2D eigenvalue weighted by atomic mass is 10.2. The lowest BCUT2D eigenvalue weighted by Crippen LogP contribution is -2.23. The highest BCUT2D eigenvalue weighted by Crippen LogP contribution is 2.26. The van der Waals surface area contributed by atoms with Crippen LogP contribution in [0, 0.1) is 0 Å². The fourth-order valence-electron chi connectivity index (χ4n) is 2.11. The Kier molecular flexibility index (Phi) is 4.77. The molecule has 4 nitrogen and oxygen atoms in total. The number of hydrogen-bond donors (Lipinski definition) is 1. The Morgan fingerprint density at radius 2 is 2.00 bits per heavy atom. The molecule has 0 unspecified atom stereocenters. The predicted molar refractivity (Wildman–Crippen MR) is 93.0 cm³/mol. The van der Waals surface area contributed by atoms with Gasteiger partial charge in [0.2, 0.25) is 10.0 Å². The molecule has 0 bridgehead atoms. The zero-order valence-corrected chi connectivity index (χ0v) is 14.3. The van der Waals surface area contributed by atoms with Crippen molar-refractivity contribution in [1.82, 2.24) is 9.71 Å². The van der Waals surface area contributed by atoms with Crippen LogP contribution in [-0.4, -0.2) is 13.4 Å². The van der Waals surface area contributed by atoms with Crippen molar-refractivity contribution in [2.75, 3.05) is 0 Å². The van der Waals surface area contributed by atoms with E-state index in [1.807, 2.05) is 23.6 Å². The molecule has 0 radical (unpaired) electrons. The van der Waals surface area contributed by atoms with E-state index < -0.39 is 10.0 Å². The number of benzene rings is 1. The van der Waals surface area contributed by atoms with Crippen molar-refractivity contribution in [3.8, 4) is 10.6 Å². The average Bonchev–Trinajstić information content (AvgIpc) is 3.08. The molecule has 0 amide bonds. The normalized spacial score (nSPS) is 11.5. The molecule has 3 aromatic rings. The Morgan fingerprint density at radius 1 is 1.13 bits per heavy atom. The molecule has 0 aliphatic rings. The van der Waals surface area contributed by atoms with Crippen molar-refractivity contribution in [3.63, 3.8) is 0 Å². The molecule has 0 fully saturated rings. The zero-order chi connectivity index (χ0) is 16.3. The number of sulfonamides is 1. The second kappa shape index (κ2) is 6.80. The number of pyridine rings is 1. The highest BCUT2D eigenvalue weighted by Gasteiger charge is 2.15. The van der Waals surface area contributed by atoms with Crippen LogP contribution in [0.5, 0.6) is 0 Å². The monoisotopic (exact) mass is 364 g/mol. The average molecular weight is 365 g/mol. The van der Waals surface area contributed by atoms with Gasteiger partial charge in [-0.15, -0.1) is 11.3 Å². The first-order valence-electron chi connectivity index (χ1n) is 6.79. The van der Waals surface area contributed by atoms with E-state index in [1.54, 1.807) is 35.7 Å². The number of halogens is 1. The third-order valence-corrected chi connectivity index (χ3v) is 5.72. The molecular weight excluding hydrogens is 352 g/mol. The molecule has 2 aromatic heterocycles. The van der Waals surface area contributed by atoms with Gasteiger partial charge in [0.1, 0.15) is 0 Å². The van der Waals surface area contributed by atoms with Crippen molar-refractivity contribution in [3.05, 3.63) is 70.7 Å². The van der Waals surface area contributed by atoms with Crippen LogP contribution in [0.1, 0.15) is 5.56 Å². The summed E-state index contributed by atoms with van der Waals surface area (Å²) >= 11 is 7.42. The summed E-state index contributed by atoms with van der Waals surface area (Å²) in [5.41, 5.74) is 1.61. The van der Waals surface area contributed by atoms with Crippen LogP contribution in [0.4, 0.5) is 0 Å². The van der Waals surface area contributed by atoms with Crippen LogP contribution in [-0.2, 0) is 16.6 Å². The van der Waals surface area contributed by atoms with Gasteiger partial charge in [0.15, 0.2) is 0 Å². The van der Waals surface area contributed by atoms with E-state index in [0.717, 1.165) is 16.1 Å². The van der Waals surface area contributed by atoms with E-state index in [1.165, 1.54) is 12.1 Å². The minimum atomic E-state index is -3.63. The maximum absolute atomic E-state index is 12.4. The van der Waals surface area contributed by atoms with Crippen molar-refractivity contribution < 1.29 is 8.42 Å². The molecule has 3 rings (SSSR count). The van der Waals surface area contributed by atoms with Gasteiger partial charge < -0.3 is 0 Å². The molecule has 23 heavy (non-hydrogen) atoms. The molecule has 118 valence electrons. The van der Waals surface area contributed by atoms with E-state index in [2.05, 4.69) is 9.71 Å². The Balaban J connectivity index is 1.84. The Bertz CT molecular complexity index is 909. The molecule has 2 heterocycles. The zero-order valence-electron chi connectivity index (χ0n) is 11.9. The summed E-state index contributed by atoms with van der Waals surface area (Å²) in [5, 5.41) is 2.35. The van der Waals surface area contributed by atoms with Crippen LogP contribution < -0.4 is 4.72 Å². The molecule has 0 aliphatic heterocycles. The van der Waals surface area contributed by atoms with E-state index in [9.17, 15) is 8.42 Å². The number of aromatic nitrogens is 1. The number of nitrogens with zero attached hydrogens (tertiary/aromatic N) is 1. The molecule has 1 aromatic carbocycles. The lowest BCUT2D eigenvalue weighted by molar-refractivity contribution is 0.581. The molecule has 0 atom stereocenters. The van der Waals surface area contributed by atoms with E-state index in [0.29, 0.717) is 5.02 Å². The fraction of sp³-hybridized carbons (Fsp3) is 0.0625. The number of nitrogens with one attached hydrogen (secondary N) is 1. The van der Waals surface area contributed by atoms with Crippen molar-refractivity contribution in [2.45, 2.75) is 11.4 Å². The maximum Gasteiger partial charge on any atom is 0.240 e. The van der Waals surface area contributed by atoms with Gasteiger partial charge in [-0.3, -0.25) is 4.98 Å². The topological polar surface area (TPSA) is 59.1 Å². The maximum atomic E-state index is 12.4. The van der Waals surface area contributed by atoms with Crippen LogP contribution in [0.25, 0.3) is 10.6 Å². The summed E-state index contributed by atoms with van der Waals surface area (Å²) < 4.78 is 27.3. The summed E-state index contributed by atoms with van der Waals surface area (Å²) in [6.07, 6.45) is 1.70. The molecule has 1 N–H and O–H groups in total. The van der Waals surface area contributed by atoms with Crippen LogP contribution in [0.3, 0.4) is 0 Å². The fourth-order valence-corrected chi connectivity index (χ4v) is 4.17. The molecule has 7 heteroatoms. The SMILES string of the molecule is O=S(=O)(NCc1cccnc1-c1cccs1)c1cccc(Cl)c1. The number of thiophene rings is 1. The third kappa shape index (κ3) is 3.79. The molecule has 0 saturated carbocycles. The van der Waals surface area contributed by atoms with Gasteiger partial charge in [0.25, 0.3) is 0 Å². The quantitative estimate of drug-likeness (QED) is 0.745. The van der Waals surface area contributed by atoms with Gasteiger partial charge in [0.05, 0.1) is 15.5 Å². The summed E-state index contributed by atoms with van der Waals surface area (Å²) in [4.78, 5) is 5.51. The largest absolute Gasteiger partial charge is 0.255 e. The predicted octanol–water partition coefficient (Wildman–Crippen LogP) is 3.94. The third-order valence-electron chi connectivity index (χ3n) is 3.20. The Labute approximate surface area is 143 Å². The highest BCUT2D eigenvalue weighted by molar-refractivity contribution is 7.89. The molecule has 0 saturated heterocycles. The van der Waals surface area contributed by atoms with Gasteiger partial charge in [-0.05, 0) is 41.3 Å². The van der Waals surface area contributed by atoms with Gasteiger partial charge >= 0.3 is 0 Å². The molecule has 0 aliphatic carbocycles. The standard InChI is InChI=1S/C16H13ClN2O2S2/c17-13-5-1-6-14(10-13)23(20,21)19-11-12-4-2-8-18-16(12)15-7-3-9-22-15/h1-10,19H,11H2. The van der Waals surface area contributed by atoms with Crippen molar-refractivity contribution in [2.24, 2.45) is 0 Å². The highest BCUT2D eigenvalue weighted by atomic mass is 35.5. The smallest absolute Gasteiger partial charge is 0.240 e. The van der Waals surface area contributed by atoms with Crippen LogP contribution in [0.2, 0.25) is 5.02 Å². The van der Waals surface area contributed by atoms with Crippen LogP contribution >= 0.6 is 22.9 Å². The van der Waals surface area contributed by atoms with E-state index in [-0.39, 0.29) is 11.4 Å². The van der Waals surface area contributed by atoms with Gasteiger partial charge in [0, 0.05) is 17.8 Å². The Morgan fingerprint density at radius 3 is 2.74 bits per heavy atom. The summed E-state index contributed by atoms with van der Waals surface area (Å²) in [7, 11) is -3.63. The van der Waals surface area contributed by atoms with Gasteiger partial charge in [-0.1, -0.05) is 29.8 Å². The summed E-state index contributed by atoms with van der Waals surface area (Å²) in [5.74, 6) is 0. The Hall–Kier alpha value is -1.73. The first-order chi connectivity index (χ1) is 11.1. The van der Waals surface area contributed by atoms with Gasteiger partial charge in [-0.25, -0.2) is 13.1 Å².